The van der Waals surface area contributed by atoms with Crippen LogP contribution in [0.2, 0.25) is 30.7 Å². The van der Waals surface area contributed by atoms with Gasteiger partial charge in [-0.15, -0.1) is 22.2 Å². The van der Waals surface area contributed by atoms with E-state index in [0.29, 0.717) is 5.54 Å². The second-order valence-electron chi connectivity index (χ2n) is 4.73. The Bertz CT molecular complexity index is 163. The average Bonchev–Trinajstić information content (AvgIpc) is 2.28. The molecule has 13 heavy (non-hydrogen) atoms. The fourth-order valence-corrected chi connectivity index (χ4v) is 7.15. The van der Waals surface area contributed by atoms with Gasteiger partial charge in [0.25, 0.3) is 6.69 Å². The molecule has 0 radical (unpaired) electrons. The molecule has 1 saturated carbocycles. The molecule has 2 atom stereocenters. The smallest absolute Gasteiger partial charge is 0.167 e. The largest absolute Gasteiger partial charge is 0.251 e. The second kappa shape index (κ2) is 4.05. The minimum Gasteiger partial charge on any atom is -0.167 e. The minimum absolute atomic E-state index is 0.575. The molecule has 0 aromatic rings. The Morgan fingerprint density at radius 3 is 1.62 bits per heavy atom. The van der Waals surface area contributed by atoms with Crippen LogP contribution in [0, 0.1) is 0 Å². The van der Waals surface area contributed by atoms with Gasteiger partial charge in [-0.25, -0.2) is 0 Å². The molecular formula is C8H17Cl3Si2. The van der Waals surface area contributed by atoms with Crippen LogP contribution in [0.25, 0.3) is 0 Å². The van der Waals surface area contributed by atoms with E-state index in [-0.39, 0.29) is 0 Å². The van der Waals surface area contributed by atoms with Gasteiger partial charge in [-0.3, -0.25) is 0 Å². The molecular weight excluding hydrogens is 259 g/mol. The van der Waals surface area contributed by atoms with Crippen molar-refractivity contribution in [2.75, 3.05) is 0 Å². The zero-order chi connectivity index (χ0) is 10.3. The van der Waals surface area contributed by atoms with Crippen molar-refractivity contribution in [2.45, 2.75) is 50.0 Å². The summed E-state index contributed by atoms with van der Waals surface area (Å²) in [7, 11) is -1.47. The van der Waals surface area contributed by atoms with Crippen LogP contribution < -0.4 is 0 Å². The van der Waals surface area contributed by atoms with Crippen LogP contribution in [-0.2, 0) is 0 Å². The molecule has 1 aliphatic carbocycles. The molecule has 1 fully saturated rings. The lowest BCUT2D eigenvalue weighted by atomic mass is 10.4. The van der Waals surface area contributed by atoms with E-state index in [1.807, 2.05) is 6.55 Å². The van der Waals surface area contributed by atoms with E-state index >= 15 is 0 Å². The predicted molar refractivity (Wildman–Crippen MR) is 68.0 cm³/mol. The van der Waals surface area contributed by atoms with E-state index in [9.17, 15) is 0 Å². The standard InChI is InChI=1S/C8H17Cl3Si2/c1-12(2,9)7-4-5-8(6-7)13(3,10)11/h7-8H,4-6H2,1-3H3. The first-order valence-corrected chi connectivity index (χ1v) is 13.5. The van der Waals surface area contributed by atoms with Crippen molar-refractivity contribution in [1.82, 2.24) is 0 Å². The maximum atomic E-state index is 6.42. The molecule has 0 amide bonds. The maximum Gasteiger partial charge on any atom is 0.251 e. The van der Waals surface area contributed by atoms with Gasteiger partial charge in [-0.2, -0.15) is 11.1 Å². The lowest BCUT2D eigenvalue weighted by molar-refractivity contribution is 0.846. The van der Waals surface area contributed by atoms with E-state index in [1.165, 1.54) is 19.3 Å². The molecule has 0 spiro atoms. The zero-order valence-corrected chi connectivity index (χ0v) is 12.7. The van der Waals surface area contributed by atoms with Gasteiger partial charge in [-0.05, 0) is 24.1 Å². The normalized spacial score (nSPS) is 30.9. The van der Waals surface area contributed by atoms with E-state index in [4.69, 9.17) is 33.2 Å². The average molecular weight is 276 g/mol. The van der Waals surface area contributed by atoms with Crippen LogP contribution in [0.1, 0.15) is 19.3 Å². The van der Waals surface area contributed by atoms with Crippen molar-refractivity contribution < 1.29 is 0 Å². The van der Waals surface area contributed by atoms with Crippen LogP contribution >= 0.6 is 33.2 Å². The molecule has 2 unspecified atom stereocenters. The van der Waals surface area contributed by atoms with Crippen molar-refractivity contribution in [3.05, 3.63) is 0 Å². The summed E-state index contributed by atoms with van der Waals surface area (Å²) in [6.07, 6.45) is 3.62. The Kier molecular flexibility index (Phi) is 3.85. The third-order valence-corrected chi connectivity index (χ3v) is 10.3. The number of hydrogen-bond donors (Lipinski definition) is 0. The van der Waals surface area contributed by atoms with E-state index in [2.05, 4.69) is 13.1 Å². The monoisotopic (exact) mass is 274 g/mol. The van der Waals surface area contributed by atoms with Crippen molar-refractivity contribution in [3.8, 4) is 0 Å². The lowest BCUT2D eigenvalue weighted by Crippen LogP contribution is -2.25. The zero-order valence-electron chi connectivity index (χ0n) is 8.41. The minimum atomic E-state index is -1.94. The fraction of sp³-hybridized carbons (Fsp3) is 1.00. The van der Waals surface area contributed by atoms with Gasteiger partial charge in [0.1, 0.15) is 0 Å². The molecule has 78 valence electrons. The van der Waals surface area contributed by atoms with Crippen LogP contribution in [-0.4, -0.2) is 14.1 Å². The number of halogens is 3. The molecule has 0 aromatic carbocycles. The molecule has 0 bridgehead atoms. The summed E-state index contributed by atoms with van der Waals surface area (Å²) >= 11 is 18.9. The molecule has 5 heteroatoms. The van der Waals surface area contributed by atoms with Crippen molar-refractivity contribution in [3.63, 3.8) is 0 Å². The van der Waals surface area contributed by atoms with Crippen molar-refractivity contribution in [1.29, 1.82) is 0 Å². The first kappa shape index (κ1) is 12.4. The lowest BCUT2D eigenvalue weighted by Gasteiger charge is -2.23. The molecule has 0 saturated heterocycles. The topological polar surface area (TPSA) is 0 Å². The first-order valence-electron chi connectivity index (χ1n) is 4.78. The highest BCUT2D eigenvalue weighted by atomic mass is 35.7. The van der Waals surface area contributed by atoms with E-state index in [0.717, 1.165) is 5.54 Å². The quantitative estimate of drug-likeness (QED) is 0.496. The highest BCUT2D eigenvalue weighted by molar-refractivity contribution is 7.45. The van der Waals surface area contributed by atoms with Crippen molar-refractivity contribution in [2.24, 2.45) is 0 Å². The SMILES string of the molecule is C[Si](C)(Cl)C1CCC([Si](C)(Cl)Cl)C1. The Morgan fingerprint density at radius 1 is 0.923 bits per heavy atom. The summed E-state index contributed by atoms with van der Waals surface area (Å²) in [4.78, 5) is 0. The molecule has 1 rings (SSSR count). The summed E-state index contributed by atoms with van der Waals surface area (Å²) in [5.41, 5.74) is 1.30. The highest BCUT2D eigenvalue weighted by Gasteiger charge is 2.43. The first-order chi connectivity index (χ1) is 5.71. The van der Waals surface area contributed by atoms with Gasteiger partial charge >= 0.3 is 0 Å². The molecule has 0 aliphatic heterocycles. The number of rotatable bonds is 2. The van der Waals surface area contributed by atoms with Gasteiger partial charge < -0.3 is 0 Å². The molecule has 0 nitrogen and oxygen atoms in total. The summed E-state index contributed by atoms with van der Waals surface area (Å²) in [5.74, 6) is 0. The van der Waals surface area contributed by atoms with Crippen LogP contribution in [0.3, 0.4) is 0 Å². The predicted octanol–water partition coefficient (Wildman–Crippen LogP) is 4.90. The Balaban J connectivity index is 2.55. The maximum absolute atomic E-state index is 6.42. The third-order valence-electron chi connectivity index (χ3n) is 3.12. The second-order valence-corrected chi connectivity index (χ2v) is 19.6. The molecule has 1 aliphatic rings. The summed E-state index contributed by atoms with van der Waals surface area (Å²) in [5, 5.41) is 0. The van der Waals surface area contributed by atoms with Gasteiger partial charge in [0.15, 0.2) is 7.38 Å². The van der Waals surface area contributed by atoms with Gasteiger partial charge in [0, 0.05) is 0 Å². The molecule has 0 heterocycles. The fourth-order valence-electron chi connectivity index (χ4n) is 2.07. The van der Waals surface area contributed by atoms with Crippen molar-refractivity contribution >= 4 is 47.3 Å². The summed E-state index contributed by atoms with van der Waals surface area (Å²) in [6.45, 7) is 4.55. The van der Waals surface area contributed by atoms with Gasteiger partial charge in [0.05, 0.1) is 0 Å². The molecule has 0 aromatic heterocycles. The molecule has 0 N–H and O–H groups in total. The van der Waals surface area contributed by atoms with Crippen LogP contribution in [0.15, 0.2) is 0 Å². The van der Waals surface area contributed by atoms with E-state index in [1.54, 1.807) is 0 Å². The Morgan fingerprint density at radius 2 is 1.38 bits per heavy atom. The number of hydrogen-bond acceptors (Lipinski definition) is 0. The van der Waals surface area contributed by atoms with Crippen LogP contribution in [0.4, 0.5) is 0 Å². The summed E-state index contributed by atoms with van der Waals surface area (Å²) in [6, 6.07) is 0. The highest BCUT2D eigenvalue weighted by Crippen LogP contribution is 2.51. The summed E-state index contributed by atoms with van der Waals surface area (Å²) < 4.78 is 0. The van der Waals surface area contributed by atoms with Crippen LogP contribution in [0.5, 0.6) is 0 Å². The Hall–Kier alpha value is 1.30. The Labute approximate surface area is 97.1 Å². The van der Waals surface area contributed by atoms with E-state index < -0.39 is 14.1 Å². The van der Waals surface area contributed by atoms with Gasteiger partial charge in [0.2, 0.25) is 0 Å². The van der Waals surface area contributed by atoms with Gasteiger partial charge in [-0.1, -0.05) is 25.9 Å². The third kappa shape index (κ3) is 3.42.